The molecule has 2 unspecified atom stereocenters. The van der Waals surface area contributed by atoms with Crippen LogP contribution in [0.15, 0.2) is 0 Å². The Labute approximate surface area is 126 Å². The molecule has 5 nitrogen and oxygen atoms in total. The standard InChI is InChI=1S/C16H27N5/c1-4-13-14-15(20(3)19-13)21(16(17)18-14)9-8-12-7-5-6-11(2)10-12/h11-12H,4-10H2,1-3H3,(H2,17,18). The smallest absolute Gasteiger partial charge is 0.202 e. The van der Waals surface area contributed by atoms with E-state index in [1.807, 2.05) is 11.7 Å². The Hall–Kier alpha value is -1.52. The van der Waals surface area contributed by atoms with Gasteiger partial charge in [0, 0.05) is 13.6 Å². The SMILES string of the molecule is CCc1nn(C)c2c1nc(N)n2CCC1CCCC(C)C1. The molecule has 1 fully saturated rings. The van der Waals surface area contributed by atoms with Gasteiger partial charge in [-0.3, -0.25) is 9.25 Å². The van der Waals surface area contributed by atoms with E-state index in [-0.39, 0.29) is 0 Å². The number of hydrogen-bond acceptors (Lipinski definition) is 3. The van der Waals surface area contributed by atoms with Gasteiger partial charge in [-0.1, -0.05) is 33.1 Å². The third-order valence-electron chi connectivity index (χ3n) is 4.96. The molecule has 0 radical (unpaired) electrons. The molecule has 2 aromatic rings. The Morgan fingerprint density at radius 3 is 2.86 bits per heavy atom. The molecule has 2 atom stereocenters. The van der Waals surface area contributed by atoms with Crippen molar-refractivity contribution < 1.29 is 0 Å². The Morgan fingerprint density at radius 1 is 1.33 bits per heavy atom. The number of aryl methyl sites for hydroxylation is 3. The molecule has 21 heavy (non-hydrogen) atoms. The van der Waals surface area contributed by atoms with Gasteiger partial charge in [-0.15, -0.1) is 0 Å². The van der Waals surface area contributed by atoms with Crippen LogP contribution in [0.1, 0.15) is 51.6 Å². The Morgan fingerprint density at radius 2 is 2.14 bits per heavy atom. The molecule has 0 bridgehead atoms. The van der Waals surface area contributed by atoms with Gasteiger partial charge in [0.25, 0.3) is 0 Å². The van der Waals surface area contributed by atoms with E-state index in [4.69, 9.17) is 5.73 Å². The van der Waals surface area contributed by atoms with Crippen molar-refractivity contribution in [2.45, 2.75) is 58.9 Å². The van der Waals surface area contributed by atoms with Crippen molar-refractivity contribution in [3.05, 3.63) is 5.69 Å². The van der Waals surface area contributed by atoms with Crippen molar-refractivity contribution in [3.8, 4) is 0 Å². The second-order valence-corrected chi connectivity index (χ2v) is 6.64. The first-order valence-electron chi connectivity index (χ1n) is 8.27. The lowest BCUT2D eigenvalue weighted by Crippen LogP contribution is -2.16. The molecule has 2 N–H and O–H groups in total. The summed E-state index contributed by atoms with van der Waals surface area (Å²) in [5, 5.41) is 4.55. The van der Waals surface area contributed by atoms with E-state index in [9.17, 15) is 0 Å². The molecule has 0 spiro atoms. The molecule has 116 valence electrons. The number of nitrogens with zero attached hydrogens (tertiary/aromatic N) is 4. The third-order valence-corrected chi connectivity index (χ3v) is 4.96. The summed E-state index contributed by atoms with van der Waals surface area (Å²) < 4.78 is 4.09. The molecule has 3 rings (SSSR count). The zero-order valence-corrected chi connectivity index (χ0v) is 13.5. The van der Waals surface area contributed by atoms with Gasteiger partial charge < -0.3 is 5.73 Å². The van der Waals surface area contributed by atoms with E-state index >= 15 is 0 Å². The van der Waals surface area contributed by atoms with E-state index < -0.39 is 0 Å². The number of imidazole rings is 1. The van der Waals surface area contributed by atoms with E-state index in [0.29, 0.717) is 5.95 Å². The summed E-state index contributed by atoms with van der Waals surface area (Å²) in [5.74, 6) is 2.35. The summed E-state index contributed by atoms with van der Waals surface area (Å²) in [6.07, 6.45) is 7.61. The highest BCUT2D eigenvalue weighted by Crippen LogP contribution is 2.32. The predicted octanol–water partition coefficient (Wildman–Crippen LogP) is 3.13. The summed E-state index contributed by atoms with van der Waals surface area (Å²) in [7, 11) is 1.99. The molecule has 0 amide bonds. The molecule has 2 heterocycles. The van der Waals surface area contributed by atoms with Gasteiger partial charge in [-0.05, 0) is 31.1 Å². The van der Waals surface area contributed by atoms with Crippen LogP contribution in [0, 0.1) is 11.8 Å². The van der Waals surface area contributed by atoms with Crippen molar-refractivity contribution in [2.24, 2.45) is 18.9 Å². The van der Waals surface area contributed by atoms with Crippen LogP contribution in [0.5, 0.6) is 0 Å². The minimum absolute atomic E-state index is 0.636. The Kier molecular flexibility index (Phi) is 3.91. The fourth-order valence-corrected chi connectivity index (χ4v) is 3.85. The van der Waals surface area contributed by atoms with Crippen LogP contribution in [0.4, 0.5) is 5.95 Å². The molecular formula is C16H27N5. The topological polar surface area (TPSA) is 61.7 Å². The van der Waals surface area contributed by atoms with Gasteiger partial charge in [0.1, 0.15) is 5.52 Å². The average molecular weight is 289 g/mol. The van der Waals surface area contributed by atoms with Crippen LogP contribution < -0.4 is 5.73 Å². The Balaban J connectivity index is 1.80. The fraction of sp³-hybridized carbons (Fsp3) is 0.750. The highest BCUT2D eigenvalue weighted by molar-refractivity contribution is 5.77. The van der Waals surface area contributed by atoms with Crippen molar-refractivity contribution in [1.29, 1.82) is 0 Å². The summed E-state index contributed by atoms with van der Waals surface area (Å²) in [4.78, 5) is 4.54. The molecule has 1 aliphatic rings. The maximum Gasteiger partial charge on any atom is 0.202 e. The molecule has 5 heteroatoms. The van der Waals surface area contributed by atoms with Gasteiger partial charge in [-0.25, -0.2) is 4.98 Å². The summed E-state index contributed by atoms with van der Waals surface area (Å²) in [5.41, 5.74) is 9.25. The average Bonchev–Trinajstić information content (AvgIpc) is 2.94. The zero-order chi connectivity index (χ0) is 15.0. The van der Waals surface area contributed by atoms with Gasteiger partial charge in [0.15, 0.2) is 5.65 Å². The summed E-state index contributed by atoms with van der Waals surface area (Å²) in [6.45, 7) is 5.45. The lowest BCUT2D eigenvalue weighted by atomic mass is 9.81. The molecule has 2 aromatic heterocycles. The Bertz CT molecular complexity index is 624. The number of aromatic nitrogens is 4. The molecule has 0 aliphatic heterocycles. The van der Waals surface area contributed by atoms with Crippen LogP contribution in [0.25, 0.3) is 11.2 Å². The van der Waals surface area contributed by atoms with Gasteiger partial charge in [0.05, 0.1) is 5.69 Å². The van der Waals surface area contributed by atoms with Crippen molar-refractivity contribution >= 4 is 17.1 Å². The molecule has 0 saturated heterocycles. The molecular weight excluding hydrogens is 262 g/mol. The normalized spacial score (nSPS) is 23.0. The second-order valence-electron chi connectivity index (χ2n) is 6.64. The predicted molar refractivity (Wildman–Crippen MR) is 86.0 cm³/mol. The van der Waals surface area contributed by atoms with Crippen molar-refractivity contribution in [2.75, 3.05) is 5.73 Å². The number of nitrogens with two attached hydrogens (primary N) is 1. The van der Waals surface area contributed by atoms with Crippen LogP contribution >= 0.6 is 0 Å². The largest absolute Gasteiger partial charge is 0.369 e. The lowest BCUT2D eigenvalue weighted by Gasteiger charge is -2.26. The van der Waals surface area contributed by atoms with Crippen LogP contribution in [-0.2, 0) is 20.0 Å². The van der Waals surface area contributed by atoms with E-state index in [1.165, 1.54) is 32.1 Å². The number of anilines is 1. The maximum absolute atomic E-state index is 6.14. The van der Waals surface area contributed by atoms with Crippen molar-refractivity contribution in [3.63, 3.8) is 0 Å². The number of hydrogen-bond donors (Lipinski definition) is 1. The minimum Gasteiger partial charge on any atom is -0.369 e. The van der Waals surface area contributed by atoms with E-state index in [1.54, 1.807) is 0 Å². The first-order chi connectivity index (χ1) is 10.1. The lowest BCUT2D eigenvalue weighted by molar-refractivity contribution is 0.262. The highest BCUT2D eigenvalue weighted by Gasteiger charge is 2.21. The maximum atomic E-state index is 6.14. The van der Waals surface area contributed by atoms with Gasteiger partial charge in [0.2, 0.25) is 5.95 Å². The summed E-state index contributed by atoms with van der Waals surface area (Å²) >= 11 is 0. The monoisotopic (exact) mass is 289 g/mol. The quantitative estimate of drug-likeness (QED) is 0.940. The zero-order valence-electron chi connectivity index (χ0n) is 13.5. The van der Waals surface area contributed by atoms with Gasteiger partial charge >= 0.3 is 0 Å². The summed E-state index contributed by atoms with van der Waals surface area (Å²) in [6, 6.07) is 0. The van der Waals surface area contributed by atoms with Crippen LogP contribution in [-0.4, -0.2) is 19.3 Å². The molecule has 1 saturated carbocycles. The number of rotatable bonds is 4. The van der Waals surface area contributed by atoms with Crippen LogP contribution in [0.2, 0.25) is 0 Å². The first kappa shape index (κ1) is 14.4. The van der Waals surface area contributed by atoms with E-state index in [0.717, 1.165) is 41.7 Å². The fourth-order valence-electron chi connectivity index (χ4n) is 3.85. The molecule has 0 aromatic carbocycles. The number of nitrogen functional groups attached to an aromatic ring is 1. The van der Waals surface area contributed by atoms with Crippen molar-refractivity contribution in [1.82, 2.24) is 19.3 Å². The van der Waals surface area contributed by atoms with Crippen LogP contribution in [0.3, 0.4) is 0 Å². The second kappa shape index (κ2) is 5.70. The number of fused-ring (bicyclic) bond motifs is 1. The highest BCUT2D eigenvalue weighted by atomic mass is 15.3. The first-order valence-corrected chi connectivity index (χ1v) is 8.27. The minimum atomic E-state index is 0.636. The molecule has 1 aliphatic carbocycles. The van der Waals surface area contributed by atoms with E-state index in [2.05, 4.69) is 28.5 Å². The third kappa shape index (κ3) is 2.65. The van der Waals surface area contributed by atoms with Gasteiger partial charge in [-0.2, -0.15) is 5.10 Å².